The van der Waals surface area contributed by atoms with Crippen molar-refractivity contribution in [3.8, 4) is 5.88 Å². The maximum atomic E-state index is 5.78. The van der Waals surface area contributed by atoms with Crippen LogP contribution < -0.4 is 15.4 Å². The summed E-state index contributed by atoms with van der Waals surface area (Å²) in [5.74, 6) is 0.718. The molecular weight excluding hydrogens is 262 g/mol. The fourth-order valence-electron chi connectivity index (χ4n) is 2.76. The monoisotopic (exact) mass is 285 g/mol. The Labute approximate surface area is 125 Å². The Bertz CT molecular complexity index is 606. The minimum absolute atomic E-state index is 0.135. The summed E-state index contributed by atoms with van der Waals surface area (Å²) in [7, 11) is 0. The van der Waals surface area contributed by atoms with Crippen molar-refractivity contribution in [2.24, 2.45) is 0 Å². The first-order valence-electron chi connectivity index (χ1n) is 7.75. The fraction of sp³-hybridized carbons (Fsp3) is 0.471. The van der Waals surface area contributed by atoms with E-state index >= 15 is 0 Å². The van der Waals surface area contributed by atoms with Crippen molar-refractivity contribution < 1.29 is 4.74 Å². The van der Waals surface area contributed by atoms with Gasteiger partial charge < -0.3 is 15.4 Å². The van der Waals surface area contributed by atoms with E-state index in [1.165, 1.54) is 23.9 Å². The van der Waals surface area contributed by atoms with Gasteiger partial charge in [-0.25, -0.2) is 4.98 Å². The Balaban J connectivity index is 1.83. The number of fused-ring (bicyclic) bond motifs is 1. The SMILES string of the molecule is CC(C)Oc1nccc2cc(NC3CCNCC3)ccc12. The molecular formula is C17H23N3O. The predicted molar refractivity (Wildman–Crippen MR) is 87.0 cm³/mol. The summed E-state index contributed by atoms with van der Waals surface area (Å²) in [5.41, 5.74) is 1.18. The third-order valence-corrected chi connectivity index (χ3v) is 3.79. The second-order valence-electron chi connectivity index (χ2n) is 5.89. The van der Waals surface area contributed by atoms with Crippen LogP contribution in [-0.2, 0) is 0 Å². The summed E-state index contributed by atoms with van der Waals surface area (Å²) in [4.78, 5) is 4.34. The van der Waals surface area contributed by atoms with Gasteiger partial charge in [0, 0.05) is 23.3 Å². The maximum Gasteiger partial charge on any atom is 0.221 e. The van der Waals surface area contributed by atoms with E-state index in [9.17, 15) is 0 Å². The topological polar surface area (TPSA) is 46.2 Å². The number of pyridine rings is 1. The van der Waals surface area contributed by atoms with Crippen LogP contribution in [0.2, 0.25) is 0 Å². The summed E-state index contributed by atoms with van der Waals surface area (Å²) >= 11 is 0. The molecule has 0 radical (unpaired) electrons. The number of nitrogens with one attached hydrogen (secondary N) is 2. The number of rotatable bonds is 4. The van der Waals surface area contributed by atoms with E-state index in [2.05, 4.69) is 33.8 Å². The van der Waals surface area contributed by atoms with Crippen LogP contribution in [0.15, 0.2) is 30.5 Å². The first kappa shape index (κ1) is 14.1. The minimum Gasteiger partial charge on any atom is -0.475 e. The Morgan fingerprint density at radius 2 is 2.05 bits per heavy atom. The van der Waals surface area contributed by atoms with Crippen molar-refractivity contribution in [2.75, 3.05) is 18.4 Å². The number of anilines is 1. The minimum atomic E-state index is 0.135. The van der Waals surface area contributed by atoms with Crippen LogP contribution in [0.25, 0.3) is 10.8 Å². The van der Waals surface area contributed by atoms with Crippen molar-refractivity contribution in [2.45, 2.75) is 38.8 Å². The lowest BCUT2D eigenvalue weighted by Gasteiger charge is -2.24. The Kier molecular flexibility index (Phi) is 4.25. The van der Waals surface area contributed by atoms with Crippen LogP contribution in [0, 0.1) is 0 Å². The predicted octanol–water partition coefficient (Wildman–Crippen LogP) is 3.19. The van der Waals surface area contributed by atoms with Gasteiger partial charge >= 0.3 is 0 Å². The highest BCUT2D eigenvalue weighted by molar-refractivity contribution is 5.89. The van der Waals surface area contributed by atoms with Gasteiger partial charge in [-0.3, -0.25) is 0 Å². The highest BCUT2D eigenvalue weighted by Crippen LogP contribution is 2.27. The molecule has 4 nitrogen and oxygen atoms in total. The molecule has 0 spiro atoms. The third kappa shape index (κ3) is 3.45. The molecule has 0 aliphatic carbocycles. The van der Waals surface area contributed by atoms with E-state index in [-0.39, 0.29) is 6.10 Å². The number of ether oxygens (including phenoxy) is 1. The van der Waals surface area contributed by atoms with Crippen LogP contribution in [0.3, 0.4) is 0 Å². The van der Waals surface area contributed by atoms with Crippen LogP contribution in [-0.4, -0.2) is 30.2 Å². The van der Waals surface area contributed by atoms with Gasteiger partial charge in [0.15, 0.2) is 0 Å². The van der Waals surface area contributed by atoms with E-state index in [1.54, 1.807) is 0 Å². The van der Waals surface area contributed by atoms with E-state index in [4.69, 9.17) is 4.74 Å². The first-order chi connectivity index (χ1) is 10.2. The van der Waals surface area contributed by atoms with Gasteiger partial charge in [-0.2, -0.15) is 0 Å². The molecule has 1 aromatic carbocycles. The quantitative estimate of drug-likeness (QED) is 0.905. The lowest BCUT2D eigenvalue weighted by molar-refractivity contribution is 0.236. The Morgan fingerprint density at radius 3 is 2.81 bits per heavy atom. The van der Waals surface area contributed by atoms with Crippen molar-refractivity contribution in [1.29, 1.82) is 0 Å². The van der Waals surface area contributed by atoms with Crippen LogP contribution in [0.1, 0.15) is 26.7 Å². The highest BCUT2D eigenvalue weighted by Gasteiger charge is 2.13. The van der Waals surface area contributed by atoms with Gasteiger partial charge in [-0.05, 0) is 69.4 Å². The summed E-state index contributed by atoms with van der Waals surface area (Å²) in [6, 6.07) is 9.02. The molecule has 0 atom stereocenters. The third-order valence-electron chi connectivity index (χ3n) is 3.79. The molecule has 0 unspecified atom stereocenters. The summed E-state index contributed by atoms with van der Waals surface area (Å²) in [5, 5.41) is 9.26. The van der Waals surface area contributed by atoms with E-state index in [1.807, 2.05) is 26.1 Å². The molecule has 0 bridgehead atoms. The average molecular weight is 285 g/mol. The Hall–Kier alpha value is -1.81. The van der Waals surface area contributed by atoms with Crippen LogP contribution in [0.5, 0.6) is 5.88 Å². The van der Waals surface area contributed by atoms with Crippen LogP contribution >= 0.6 is 0 Å². The van der Waals surface area contributed by atoms with E-state index in [0.29, 0.717) is 6.04 Å². The van der Waals surface area contributed by atoms with Gasteiger partial charge in [-0.1, -0.05) is 0 Å². The highest BCUT2D eigenvalue weighted by atomic mass is 16.5. The van der Waals surface area contributed by atoms with Gasteiger partial charge in [-0.15, -0.1) is 0 Å². The second-order valence-corrected chi connectivity index (χ2v) is 5.89. The zero-order chi connectivity index (χ0) is 14.7. The standard InChI is InChI=1S/C17H23N3O/c1-12(2)21-17-16-4-3-15(11-13(16)5-10-19-17)20-14-6-8-18-9-7-14/h3-5,10-12,14,18,20H,6-9H2,1-2H3. The number of nitrogens with zero attached hydrogens (tertiary/aromatic N) is 1. The van der Waals surface area contributed by atoms with Crippen molar-refractivity contribution >= 4 is 16.5 Å². The smallest absolute Gasteiger partial charge is 0.221 e. The molecule has 21 heavy (non-hydrogen) atoms. The van der Waals surface area contributed by atoms with Gasteiger partial charge in [0.1, 0.15) is 0 Å². The molecule has 4 heteroatoms. The zero-order valence-corrected chi connectivity index (χ0v) is 12.7. The second kappa shape index (κ2) is 6.31. The molecule has 1 aromatic heterocycles. The van der Waals surface area contributed by atoms with Crippen LogP contribution in [0.4, 0.5) is 5.69 Å². The molecule has 1 fully saturated rings. The van der Waals surface area contributed by atoms with Crippen molar-refractivity contribution in [1.82, 2.24) is 10.3 Å². The molecule has 1 saturated heterocycles. The largest absolute Gasteiger partial charge is 0.475 e. The fourth-order valence-corrected chi connectivity index (χ4v) is 2.76. The number of aromatic nitrogens is 1. The molecule has 112 valence electrons. The van der Waals surface area contributed by atoms with Crippen molar-refractivity contribution in [3.05, 3.63) is 30.5 Å². The van der Waals surface area contributed by atoms with Gasteiger partial charge in [0.25, 0.3) is 0 Å². The van der Waals surface area contributed by atoms with Crippen molar-refractivity contribution in [3.63, 3.8) is 0 Å². The molecule has 3 rings (SSSR count). The molecule has 2 N–H and O–H groups in total. The van der Waals surface area contributed by atoms with E-state index < -0.39 is 0 Å². The molecule has 1 aliphatic rings. The van der Waals surface area contributed by atoms with E-state index in [0.717, 1.165) is 24.4 Å². The molecule has 1 aliphatic heterocycles. The molecule has 0 amide bonds. The number of benzene rings is 1. The lowest BCUT2D eigenvalue weighted by Crippen LogP contribution is -2.35. The molecule has 2 heterocycles. The number of piperidine rings is 1. The summed E-state index contributed by atoms with van der Waals surface area (Å²) in [6.07, 6.45) is 4.30. The van der Waals surface area contributed by atoms with Gasteiger partial charge in [0.05, 0.1) is 6.10 Å². The Morgan fingerprint density at radius 1 is 1.24 bits per heavy atom. The zero-order valence-electron chi connectivity index (χ0n) is 12.7. The maximum absolute atomic E-state index is 5.78. The molecule has 0 saturated carbocycles. The lowest BCUT2D eigenvalue weighted by atomic mass is 10.1. The summed E-state index contributed by atoms with van der Waals surface area (Å²) in [6.45, 7) is 6.24. The normalized spacial score (nSPS) is 16.3. The number of hydrogen-bond acceptors (Lipinski definition) is 4. The summed E-state index contributed by atoms with van der Waals surface area (Å²) < 4.78 is 5.78. The first-order valence-corrected chi connectivity index (χ1v) is 7.75. The molecule has 2 aromatic rings. The van der Waals surface area contributed by atoms with Gasteiger partial charge in [0.2, 0.25) is 5.88 Å². The average Bonchev–Trinajstić information content (AvgIpc) is 2.48. The number of hydrogen-bond donors (Lipinski definition) is 2.